The molecule has 0 aromatic carbocycles. The van der Waals surface area contributed by atoms with Gasteiger partial charge in [0, 0.05) is 26.2 Å². The van der Waals surface area contributed by atoms with Crippen LogP contribution in [0.5, 0.6) is 0 Å². The number of ether oxygens (including phenoxy) is 1. The Bertz CT molecular complexity index is 420. The number of hydrogen-bond acceptors (Lipinski definition) is 5. The Balaban J connectivity index is 2.04. The van der Waals surface area contributed by atoms with E-state index in [9.17, 15) is 0 Å². The number of nitrogens with one attached hydrogen (secondary N) is 1. The average molecular weight is 260 g/mol. The molecule has 1 N–H and O–H groups in total. The fourth-order valence-electron chi connectivity index (χ4n) is 2.35. The van der Waals surface area contributed by atoms with Crippen molar-refractivity contribution in [2.45, 2.75) is 18.9 Å². The van der Waals surface area contributed by atoms with Gasteiger partial charge >= 0.3 is 0 Å². The van der Waals surface area contributed by atoms with Crippen LogP contribution in [-0.4, -0.2) is 44.4 Å². The standard InChI is InChI=1S/C14H20N4O/c1-19-8-7-18(11-13-3-2-6-16-13)14-5-4-12(9-15)17-10-14/h4-5,10,13,16H,2-3,6-8,11H2,1H3. The van der Waals surface area contributed by atoms with Crippen LogP contribution in [0.2, 0.25) is 0 Å². The van der Waals surface area contributed by atoms with Crippen molar-refractivity contribution in [2.75, 3.05) is 38.3 Å². The van der Waals surface area contributed by atoms with Crippen molar-refractivity contribution in [3.63, 3.8) is 0 Å². The SMILES string of the molecule is COCCN(CC1CCCN1)c1ccc(C#N)nc1. The Morgan fingerprint density at radius 1 is 1.58 bits per heavy atom. The van der Waals surface area contributed by atoms with E-state index in [1.807, 2.05) is 12.1 Å². The van der Waals surface area contributed by atoms with Crippen LogP contribution < -0.4 is 10.2 Å². The van der Waals surface area contributed by atoms with Crippen molar-refractivity contribution in [1.82, 2.24) is 10.3 Å². The zero-order valence-corrected chi connectivity index (χ0v) is 11.3. The van der Waals surface area contributed by atoms with Gasteiger partial charge in [0.1, 0.15) is 11.8 Å². The zero-order valence-electron chi connectivity index (χ0n) is 11.3. The highest BCUT2D eigenvalue weighted by molar-refractivity contribution is 5.46. The number of methoxy groups -OCH3 is 1. The molecule has 1 aliphatic heterocycles. The van der Waals surface area contributed by atoms with Gasteiger partial charge in [0.05, 0.1) is 18.5 Å². The number of rotatable bonds is 6. The second-order valence-corrected chi connectivity index (χ2v) is 4.75. The summed E-state index contributed by atoms with van der Waals surface area (Å²) in [5.74, 6) is 0. The zero-order chi connectivity index (χ0) is 13.5. The van der Waals surface area contributed by atoms with Crippen molar-refractivity contribution in [3.8, 4) is 6.07 Å². The maximum atomic E-state index is 8.78. The van der Waals surface area contributed by atoms with Crippen molar-refractivity contribution < 1.29 is 4.74 Å². The molecule has 0 saturated carbocycles. The van der Waals surface area contributed by atoms with Gasteiger partial charge in [-0.2, -0.15) is 5.26 Å². The second kappa shape index (κ2) is 7.07. The molecule has 0 amide bonds. The Labute approximate surface area is 114 Å². The lowest BCUT2D eigenvalue weighted by Gasteiger charge is -2.27. The molecule has 0 bridgehead atoms. The third kappa shape index (κ3) is 3.91. The molecule has 0 aliphatic carbocycles. The molecule has 1 fully saturated rings. The van der Waals surface area contributed by atoms with Gasteiger partial charge in [-0.1, -0.05) is 0 Å². The monoisotopic (exact) mass is 260 g/mol. The molecule has 1 aromatic rings. The first-order chi connectivity index (χ1) is 9.33. The van der Waals surface area contributed by atoms with E-state index in [1.54, 1.807) is 19.4 Å². The summed E-state index contributed by atoms with van der Waals surface area (Å²) in [4.78, 5) is 6.40. The van der Waals surface area contributed by atoms with Gasteiger partial charge in [-0.05, 0) is 31.5 Å². The normalized spacial score (nSPS) is 18.2. The van der Waals surface area contributed by atoms with Gasteiger partial charge in [-0.15, -0.1) is 0 Å². The minimum absolute atomic E-state index is 0.453. The molecular formula is C14H20N4O. The third-order valence-corrected chi connectivity index (χ3v) is 3.40. The van der Waals surface area contributed by atoms with Crippen LogP contribution in [-0.2, 0) is 4.74 Å². The fourth-order valence-corrected chi connectivity index (χ4v) is 2.35. The van der Waals surface area contributed by atoms with E-state index in [2.05, 4.69) is 15.2 Å². The molecule has 1 aliphatic rings. The first kappa shape index (κ1) is 13.8. The van der Waals surface area contributed by atoms with Crippen LogP contribution in [0.25, 0.3) is 0 Å². The summed E-state index contributed by atoms with van der Waals surface area (Å²) in [5, 5.41) is 12.3. The van der Waals surface area contributed by atoms with E-state index < -0.39 is 0 Å². The predicted octanol–water partition coefficient (Wildman–Crippen LogP) is 1.16. The number of nitriles is 1. The second-order valence-electron chi connectivity index (χ2n) is 4.75. The van der Waals surface area contributed by atoms with E-state index in [4.69, 9.17) is 10.00 Å². The summed E-state index contributed by atoms with van der Waals surface area (Å²) < 4.78 is 5.17. The summed E-state index contributed by atoms with van der Waals surface area (Å²) in [7, 11) is 1.71. The quantitative estimate of drug-likeness (QED) is 0.831. The van der Waals surface area contributed by atoms with Gasteiger partial charge in [0.25, 0.3) is 0 Å². The lowest BCUT2D eigenvalue weighted by Crippen LogP contribution is -2.39. The Morgan fingerprint density at radius 3 is 3.05 bits per heavy atom. The molecule has 19 heavy (non-hydrogen) atoms. The lowest BCUT2D eigenvalue weighted by molar-refractivity contribution is 0.204. The highest BCUT2D eigenvalue weighted by Crippen LogP contribution is 2.16. The molecule has 2 rings (SSSR count). The van der Waals surface area contributed by atoms with Crippen LogP contribution in [0.1, 0.15) is 18.5 Å². The molecule has 5 heteroatoms. The Hall–Kier alpha value is -1.64. The number of aromatic nitrogens is 1. The van der Waals surface area contributed by atoms with E-state index in [-0.39, 0.29) is 0 Å². The molecule has 1 aromatic heterocycles. The van der Waals surface area contributed by atoms with Gasteiger partial charge in [0.2, 0.25) is 0 Å². The summed E-state index contributed by atoms with van der Waals surface area (Å²) >= 11 is 0. The van der Waals surface area contributed by atoms with Crippen LogP contribution in [0, 0.1) is 11.3 Å². The van der Waals surface area contributed by atoms with E-state index in [0.29, 0.717) is 18.3 Å². The maximum Gasteiger partial charge on any atom is 0.140 e. The van der Waals surface area contributed by atoms with E-state index in [1.165, 1.54) is 12.8 Å². The molecule has 0 spiro atoms. The van der Waals surface area contributed by atoms with Gasteiger partial charge in [-0.3, -0.25) is 0 Å². The first-order valence-corrected chi connectivity index (χ1v) is 6.67. The molecule has 1 unspecified atom stereocenters. The molecule has 0 radical (unpaired) electrons. The number of hydrogen-bond donors (Lipinski definition) is 1. The van der Waals surface area contributed by atoms with E-state index >= 15 is 0 Å². The van der Waals surface area contributed by atoms with Crippen molar-refractivity contribution in [3.05, 3.63) is 24.0 Å². The summed E-state index contributed by atoms with van der Waals surface area (Å²) in [6, 6.07) is 6.29. The lowest BCUT2D eigenvalue weighted by atomic mass is 10.2. The van der Waals surface area contributed by atoms with Crippen molar-refractivity contribution in [1.29, 1.82) is 5.26 Å². The summed E-state index contributed by atoms with van der Waals surface area (Å²) in [6.07, 6.45) is 4.23. The molecule has 102 valence electrons. The topological polar surface area (TPSA) is 61.2 Å². The van der Waals surface area contributed by atoms with Crippen LogP contribution in [0.4, 0.5) is 5.69 Å². The number of anilines is 1. The summed E-state index contributed by atoms with van der Waals surface area (Å²) in [6.45, 7) is 3.58. The highest BCUT2D eigenvalue weighted by atomic mass is 16.5. The van der Waals surface area contributed by atoms with Gasteiger partial charge in [0.15, 0.2) is 0 Å². The molecule has 1 saturated heterocycles. The van der Waals surface area contributed by atoms with Crippen molar-refractivity contribution >= 4 is 5.69 Å². The Kier molecular flexibility index (Phi) is 5.13. The van der Waals surface area contributed by atoms with Crippen LogP contribution in [0.3, 0.4) is 0 Å². The van der Waals surface area contributed by atoms with E-state index in [0.717, 1.165) is 25.3 Å². The average Bonchev–Trinajstić information content (AvgIpc) is 2.96. The minimum Gasteiger partial charge on any atom is -0.383 e. The number of pyridine rings is 1. The smallest absolute Gasteiger partial charge is 0.140 e. The van der Waals surface area contributed by atoms with Crippen LogP contribution in [0.15, 0.2) is 18.3 Å². The highest BCUT2D eigenvalue weighted by Gasteiger charge is 2.18. The third-order valence-electron chi connectivity index (χ3n) is 3.40. The minimum atomic E-state index is 0.453. The maximum absolute atomic E-state index is 8.78. The molecule has 1 atom stereocenters. The summed E-state index contributed by atoms with van der Waals surface area (Å²) in [5.41, 5.74) is 1.50. The van der Waals surface area contributed by atoms with Gasteiger partial charge < -0.3 is 15.0 Å². The fraction of sp³-hybridized carbons (Fsp3) is 0.571. The molecule has 5 nitrogen and oxygen atoms in total. The first-order valence-electron chi connectivity index (χ1n) is 6.67. The molecular weight excluding hydrogens is 240 g/mol. The predicted molar refractivity (Wildman–Crippen MR) is 74.1 cm³/mol. The Morgan fingerprint density at radius 2 is 2.47 bits per heavy atom. The van der Waals surface area contributed by atoms with Crippen molar-refractivity contribution in [2.24, 2.45) is 0 Å². The largest absolute Gasteiger partial charge is 0.383 e. The van der Waals surface area contributed by atoms with Gasteiger partial charge in [-0.25, -0.2) is 4.98 Å². The molecule has 2 heterocycles. The number of nitrogens with zero attached hydrogens (tertiary/aromatic N) is 3. The van der Waals surface area contributed by atoms with Crippen LogP contribution >= 0.6 is 0 Å².